The van der Waals surface area contributed by atoms with Crippen LogP contribution in [0, 0.1) is 16.2 Å². The fourth-order valence-electron chi connectivity index (χ4n) is 13.8. The summed E-state index contributed by atoms with van der Waals surface area (Å²) in [5, 5.41) is 0. The van der Waals surface area contributed by atoms with Crippen LogP contribution in [-0.4, -0.2) is 54.8 Å². The largest absolute Gasteiger partial charge is 0.585 e. The number of fused-ring (bicyclic) bond motifs is 5. The second-order valence-corrected chi connectivity index (χ2v) is 30.7. The lowest BCUT2D eigenvalue weighted by Gasteiger charge is -2.40. The molecule has 0 amide bonds. The van der Waals surface area contributed by atoms with Crippen LogP contribution in [0.15, 0.2) is 212 Å². The lowest BCUT2D eigenvalue weighted by molar-refractivity contribution is -0.337. The molecule has 15 rings (SSSR count). The minimum Gasteiger partial charge on any atom is -0.491 e. The van der Waals surface area contributed by atoms with Gasteiger partial charge in [-0.15, -0.1) is 8.78 Å². The van der Waals surface area contributed by atoms with Gasteiger partial charge in [0.25, 0.3) is 0 Å². The Hall–Kier alpha value is -8.74. The van der Waals surface area contributed by atoms with Crippen molar-refractivity contribution in [1.82, 2.24) is 0 Å². The molecule has 111 heavy (non-hydrogen) atoms. The predicted molar refractivity (Wildman–Crippen MR) is 397 cm³/mol. The Labute approximate surface area is 644 Å². The maximum Gasteiger partial charge on any atom is 0.585 e. The summed E-state index contributed by atoms with van der Waals surface area (Å²) in [5.41, 5.74) is 7.33. The van der Waals surface area contributed by atoms with Crippen molar-refractivity contribution >= 4 is 0 Å². The van der Waals surface area contributed by atoms with E-state index in [2.05, 4.69) is 128 Å². The van der Waals surface area contributed by atoms with Crippen LogP contribution in [0.3, 0.4) is 0 Å². The van der Waals surface area contributed by atoms with Crippen molar-refractivity contribution in [1.29, 1.82) is 0 Å². The van der Waals surface area contributed by atoms with E-state index in [4.69, 9.17) is 37.9 Å². The molecule has 612 valence electrons. The van der Waals surface area contributed by atoms with E-state index in [-0.39, 0.29) is 33.6 Å². The fourth-order valence-corrected chi connectivity index (χ4v) is 13.8. The van der Waals surface area contributed by atoms with Crippen LogP contribution in [0.4, 0.5) is 52.7 Å². The van der Waals surface area contributed by atoms with Gasteiger partial charge in [-0.3, -0.25) is 0 Å². The van der Waals surface area contributed by atoms with E-state index in [1.54, 1.807) is 13.8 Å². The maximum absolute atomic E-state index is 13.0. The average Bonchev–Trinajstić information content (AvgIpc) is 1.52. The highest BCUT2D eigenvalue weighted by Crippen LogP contribution is 2.65. The van der Waals surface area contributed by atoms with Crippen LogP contribution < -0.4 is 0 Å². The van der Waals surface area contributed by atoms with Gasteiger partial charge in [-0.25, -0.2) is 4.74 Å². The second-order valence-electron chi connectivity index (χ2n) is 30.7. The first-order chi connectivity index (χ1) is 50.9. The topological polar surface area (TPSA) is 120 Å². The summed E-state index contributed by atoms with van der Waals surface area (Å²) in [5.74, 6) is 2.25. The zero-order chi connectivity index (χ0) is 83.8. The molecule has 9 heterocycles. The quantitative estimate of drug-likeness (QED) is 0.140. The molecule has 4 aromatic rings. The van der Waals surface area contributed by atoms with Crippen LogP contribution in [0.1, 0.15) is 228 Å². The zero-order valence-corrected chi connectivity index (χ0v) is 68.3. The molecule has 0 atom stereocenters. The minimum absolute atomic E-state index is 0.0558. The molecule has 0 aromatic heterocycles. The predicted octanol–water partition coefficient (Wildman–Crippen LogP) is 26.2. The number of ether oxygens (including phenoxy) is 13. The second kappa shape index (κ2) is 32.4. The molecule has 0 radical (unpaired) electrons. The molecule has 11 aliphatic rings. The molecule has 1 saturated carbocycles. The molecule has 2 aliphatic carbocycles. The number of hydrogen-bond acceptors (Lipinski definition) is 13. The van der Waals surface area contributed by atoms with E-state index in [0.29, 0.717) is 18.1 Å². The molecule has 0 bridgehead atoms. The van der Waals surface area contributed by atoms with E-state index in [9.17, 15) is 52.7 Å². The molecule has 9 aliphatic heterocycles. The molecule has 13 nitrogen and oxygen atoms in total. The van der Waals surface area contributed by atoms with Gasteiger partial charge >= 0.3 is 42.4 Å². The summed E-state index contributed by atoms with van der Waals surface area (Å²) in [4.78, 5) is 0. The molecule has 25 heteroatoms. The highest BCUT2D eigenvalue weighted by atomic mass is 19.3. The number of halogens is 12. The SMILES string of the molecule is CC1=C(C)C(C)(C)C(F)(F)O1.CC1=C(C)C(C)(C)C2(CCCC2)O1.CC1=C(C)C(C)(C)C2(O1)c1ccccc1-c1ccccc12.CC1=C(C)C(F)(F)C(F)(F)O1.CC1=C(C)C(F)(F)OC1(F)F.CC1=C(C)OC(C)(C)O1.CC1=C(C)OC(F)(F)O1.CC1=C(C)OC(c2ccccc2)(c2ccccc2)O1.CC1=C(C)OCO1. The Morgan fingerprint density at radius 1 is 0.288 bits per heavy atom. The molecule has 1 fully saturated rings. The maximum atomic E-state index is 13.0. The van der Waals surface area contributed by atoms with Crippen LogP contribution >= 0.6 is 0 Å². The fraction of sp³-hybridized carbons (Fsp3) is 0.512. The number of benzene rings is 4. The van der Waals surface area contributed by atoms with Crippen molar-refractivity contribution in [2.75, 3.05) is 6.79 Å². The zero-order valence-electron chi connectivity index (χ0n) is 68.3. The van der Waals surface area contributed by atoms with E-state index in [0.717, 1.165) is 79.1 Å². The van der Waals surface area contributed by atoms with Gasteiger partial charge in [0.2, 0.25) is 12.6 Å². The Morgan fingerprint density at radius 2 is 0.622 bits per heavy atom. The van der Waals surface area contributed by atoms with Crippen molar-refractivity contribution in [3.05, 3.63) is 234 Å². The van der Waals surface area contributed by atoms with Gasteiger partial charge < -0.3 is 56.8 Å². The molecule has 0 unspecified atom stereocenters. The number of hydrogen-bond donors (Lipinski definition) is 0. The van der Waals surface area contributed by atoms with E-state index in [1.165, 1.54) is 92.5 Å². The Kier molecular flexibility index (Phi) is 26.1. The normalized spacial score (nSPS) is 23.4. The summed E-state index contributed by atoms with van der Waals surface area (Å²) < 4.78 is 213. The highest BCUT2D eigenvalue weighted by Gasteiger charge is 2.66. The Bertz CT molecular complexity index is 4120. The van der Waals surface area contributed by atoms with Gasteiger partial charge in [-0.1, -0.05) is 137 Å². The smallest absolute Gasteiger partial charge is 0.491 e. The van der Waals surface area contributed by atoms with Crippen LogP contribution in [0.25, 0.3) is 11.1 Å². The van der Waals surface area contributed by atoms with E-state index >= 15 is 0 Å². The summed E-state index contributed by atoms with van der Waals surface area (Å²) in [6.45, 7) is 46.5. The van der Waals surface area contributed by atoms with Gasteiger partial charge in [0, 0.05) is 63.7 Å². The number of allylic oxidation sites excluding steroid dienone is 12. The first-order valence-corrected chi connectivity index (χ1v) is 36.4. The van der Waals surface area contributed by atoms with Gasteiger partial charge in [-0.2, -0.15) is 43.9 Å². The van der Waals surface area contributed by atoms with Crippen LogP contribution in [0.5, 0.6) is 0 Å². The molecule has 2 spiro atoms. The van der Waals surface area contributed by atoms with Gasteiger partial charge in [-0.05, 0) is 192 Å². The summed E-state index contributed by atoms with van der Waals surface area (Å²) in [7, 11) is 0. The van der Waals surface area contributed by atoms with Crippen molar-refractivity contribution in [2.45, 2.75) is 265 Å². The van der Waals surface area contributed by atoms with Crippen LogP contribution in [0.2, 0.25) is 0 Å². The van der Waals surface area contributed by atoms with E-state index in [1.807, 2.05) is 116 Å². The third kappa shape index (κ3) is 17.9. The molecule has 0 N–H and O–H groups in total. The summed E-state index contributed by atoms with van der Waals surface area (Å²) >= 11 is 0. The molecular formula is C86H106F12O13. The Balaban J connectivity index is 0.000000177. The number of alkyl halides is 12. The van der Waals surface area contributed by atoms with Crippen molar-refractivity contribution in [3.63, 3.8) is 0 Å². The Morgan fingerprint density at radius 3 is 0.865 bits per heavy atom. The standard InChI is InChI=1S/C20H20O.C17H16O2.C12H20O.C8H12F2O.C7H12O2.2C6H6F4O.C5H6F2O2.C5H8O2/c1-13-14(2)21-20(19(13,3)4)17-11-7-5-9-15(17)16-10-6-8-12-18(16)20;1-13-14(2)19-17(18-13,15-9-5-3-6-10-15)16-11-7-4-8-12-16;1-9-10(2)13-12(11(9,3)4)7-5-6-8-12;1-5-6(2)11-8(9,10)7(5,3)4;1-5-6(2)9-7(3,4)8-5;1-3-4(2)11-6(9,10)5(3,7)8;1-3-4(2)6(9,10)11-5(3,7)8;1-3-4(2)9-5(6,7)8-3;1-4-5(2)7-3-6-4/h5-12H,1-4H3;3-12H,1-2H3;5-8H2,1-4H3;1-4H3;1-4H3;2*1-2H3;1-2H3;3H2,1-2H3. The number of rotatable bonds is 2. The van der Waals surface area contributed by atoms with Crippen molar-refractivity contribution < 1.29 is 114 Å². The highest BCUT2D eigenvalue weighted by molar-refractivity contribution is 5.81. The van der Waals surface area contributed by atoms with E-state index < -0.39 is 76.1 Å². The first-order valence-electron chi connectivity index (χ1n) is 36.4. The third-order valence-corrected chi connectivity index (χ3v) is 22.5. The van der Waals surface area contributed by atoms with Crippen molar-refractivity contribution in [2.24, 2.45) is 16.2 Å². The monoisotopic (exact) mass is 1570 g/mol. The minimum atomic E-state index is -4.37. The lowest BCUT2D eigenvalue weighted by Crippen LogP contribution is -2.40. The molecule has 0 saturated heterocycles. The van der Waals surface area contributed by atoms with Crippen LogP contribution in [-0.2, 0) is 73.0 Å². The average molecular weight is 1580 g/mol. The summed E-state index contributed by atoms with van der Waals surface area (Å²) in [6, 6.07) is 37.4. The lowest BCUT2D eigenvalue weighted by atomic mass is 9.67. The van der Waals surface area contributed by atoms with Gasteiger partial charge in [0.05, 0.1) is 22.7 Å². The third-order valence-electron chi connectivity index (χ3n) is 22.5. The molecular weight excluding hydrogens is 1470 g/mol. The molecule has 4 aromatic carbocycles. The van der Waals surface area contributed by atoms with Crippen molar-refractivity contribution in [3.8, 4) is 11.1 Å². The van der Waals surface area contributed by atoms with Gasteiger partial charge in [0.1, 0.15) is 57.4 Å². The summed E-state index contributed by atoms with van der Waals surface area (Å²) in [6.07, 6.45) is -13.3. The first kappa shape index (κ1) is 89.5. The van der Waals surface area contributed by atoms with Gasteiger partial charge in [0.15, 0.2) is 5.60 Å².